The summed E-state index contributed by atoms with van der Waals surface area (Å²) in [6.07, 6.45) is 0. The summed E-state index contributed by atoms with van der Waals surface area (Å²) in [6.45, 7) is 5.06. The molecule has 0 aliphatic carbocycles. The first-order chi connectivity index (χ1) is 8.49. The first kappa shape index (κ1) is 12.8. The lowest BCUT2D eigenvalue weighted by Crippen LogP contribution is -2.02. The van der Waals surface area contributed by atoms with Gasteiger partial charge < -0.3 is 9.26 Å². The van der Waals surface area contributed by atoms with Crippen LogP contribution in [0, 0.1) is 13.8 Å². The summed E-state index contributed by atoms with van der Waals surface area (Å²) in [7, 11) is 0. The van der Waals surface area contributed by atoms with Crippen molar-refractivity contribution in [2.75, 3.05) is 0 Å². The second-order valence-electron chi connectivity index (χ2n) is 3.98. The minimum absolute atomic E-state index is 0.379. The maximum atomic E-state index is 11.1. The molecular weight excluding hydrogens is 298 g/mol. The molecule has 1 aromatic heterocycles. The van der Waals surface area contributed by atoms with E-state index in [9.17, 15) is 4.79 Å². The van der Waals surface area contributed by atoms with E-state index in [4.69, 9.17) is 9.26 Å². The van der Waals surface area contributed by atoms with Gasteiger partial charge in [-0.1, -0.05) is 21.1 Å². The molecule has 0 aliphatic heterocycles. The molecule has 0 fully saturated rings. The average Bonchev–Trinajstić information content (AvgIpc) is 2.64. The number of rotatable bonds is 2. The fraction of sp³-hybridized carbons (Fsp3) is 0.231. The van der Waals surface area contributed by atoms with Gasteiger partial charge in [0, 0.05) is 17.0 Å². The van der Waals surface area contributed by atoms with Gasteiger partial charge in [-0.05, 0) is 37.6 Å². The Morgan fingerprint density at radius 2 is 2.11 bits per heavy atom. The Bertz CT molecular complexity index is 604. The third-order valence-electron chi connectivity index (χ3n) is 2.47. The van der Waals surface area contributed by atoms with E-state index in [1.807, 2.05) is 25.1 Å². The van der Waals surface area contributed by atoms with Crippen molar-refractivity contribution in [3.8, 4) is 17.1 Å². The van der Waals surface area contributed by atoms with Crippen LogP contribution in [0.3, 0.4) is 0 Å². The second kappa shape index (κ2) is 4.94. The molecule has 1 heterocycles. The zero-order valence-electron chi connectivity index (χ0n) is 10.3. The molecule has 0 atom stereocenters. The monoisotopic (exact) mass is 309 g/mol. The average molecular weight is 310 g/mol. The first-order valence-corrected chi connectivity index (χ1v) is 6.19. The van der Waals surface area contributed by atoms with E-state index in [1.54, 1.807) is 6.92 Å². The van der Waals surface area contributed by atoms with Gasteiger partial charge in [-0.15, -0.1) is 0 Å². The lowest BCUT2D eigenvalue weighted by molar-refractivity contribution is -0.131. The van der Waals surface area contributed by atoms with Crippen molar-refractivity contribution in [2.24, 2.45) is 0 Å². The number of hydrogen-bond acceptors (Lipinski definition) is 4. The Labute approximate surface area is 113 Å². The quantitative estimate of drug-likeness (QED) is 0.795. The number of halogens is 1. The number of carbonyl (C=O) groups is 1. The van der Waals surface area contributed by atoms with Gasteiger partial charge in [0.25, 0.3) is 0 Å². The van der Waals surface area contributed by atoms with E-state index >= 15 is 0 Å². The highest BCUT2D eigenvalue weighted by atomic mass is 79.9. The highest BCUT2D eigenvalue weighted by Crippen LogP contribution is 2.34. The lowest BCUT2D eigenvalue weighted by atomic mass is 10.1. The third-order valence-corrected chi connectivity index (χ3v) is 3.36. The van der Waals surface area contributed by atoms with Crippen molar-refractivity contribution in [1.29, 1.82) is 0 Å². The van der Waals surface area contributed by atoms with E-state index in [0.717, 1.165) is 15.6 Å². The second-order valence-corrected chi connectivity index (χ2v) is 4.84. The molecule has 0 bridgehead atoms. The maximum Gasteiger partial charge on any atom is 0.308 e. The van der Waals surface area contributed by atoms with Gasteiger partial charge in [0.15, 0.2) is 0 Å². The Kier molecular flexibility index (Phi) is 3.52. The number of aromatic nitrogens is 1. The van der Waals surface area contributed by atoms with Gasteiger partial charge in [-0.2, -0.15) is 0 Å². The van der Waals surface area contributed by atoms with Crippen LogP contribution in [0.2, 0.25) is 0 Å². The molecule has 0 amide bonds. The van der Waals surface area contributed by atoms with Crippen molar-refractivity contribution in [3.05, 3.63) is 33.9 Å². The molecule has 0 N–H and O–H groups in total. The molecule has 2 rings (SSSR count). The number of esters is 1. The van der Waals surface area contributed by atoms with Crippen LogP contribution in [0.25, 0.3) is 11.3 Å². The Morgan fingerprint density at radius 3 is 2.72 bits per heavy atom. The summed E-state index contributed by atoms with van der Waals surface area (Å²) in [5, 5.41) is 3.83. The number of nitrogens with zero attached hydrogens (tertiary/aromatic N) is 1. The maximum absolute atomic E-state index is 11.1. The molecule has 0 saturated carbocycles. The molecule has 4 nitrogen and oxygen atoms in total. The minimum atomic E-state index is -0.392. The number of ether oxygens (including phenoxy) is 1. The largest absolute Gasteiger partial charge is 0.420 e. The van der Waals surface area contributed by atoms with Crippen LogP contribution in [-0.2, 0) is 4.79 Å². The SMILES string of the molecule is CC(=O)Oc1c(C)noc1-c1ccc(Br)c(C)c1. The topological polar surface area (TPSA) is 52.3 Å². The highest BCUT2D eigenvalue weighted by Gasteiger charge is 2.18. The Balaban J connectivity index is 2.50. The summed E-state index contributed by atoms with van der Waals surface area (Å²) in [4.78, 5) is 11.1. The first-order valence-electron chi connectivity index (χ1n) is 5.40. The summed E-state index contributed by atoms with van der Waals surface area (Å²) in [5.74, 6) is 0.457. The van der Waals surface area contributed by atoms with Crippen LogP contribution in [0.5, 0.6) is 5.75 Å². The minimum Gasteiger partial charge on any atom is -0.420 e. The summed E-state index contributed by atoms with van der Waals surface area (Å²) >= 11 is 3.43. The van der Waals surface area contributed by atoms with Crippen LogP contribution in [0.4, 0.5) is 0 Å². The highest BCUT2D eigenvalue weighted by molar-refractivity contribution is 9.10. The zero-order chi connectivity index (χ0) is 13.3. The molecule has 0 spiro atoms. The summed E-state index contributed by atoms with van der Waals surface area (Å²) < 4.78 is 11.4. The van der Waals surface area contributed by atoms with Gasteiger partial charge in [-0.3, -0.25) is 4.79 Å². The predicted molar refractivity (Wildman–Crippen MR) is 70.4 cm³/mol. The van der Waals surface area contributed by atoms with Crippen molar-refractivity contribution >= 4 is 21.9 Å². The zero-order valence-corrected chi connectivity index (χ0v) is 11.9. The number of aryl methyl sites for hydroxylation is 2. The predicted octanol–water partition coefficient (Wildman–Crippen LogP) is 3.65. The third kappa shape index (κ3) is 2.46. The standard InChI is InChI=1S/C13H12BrNO3/c1-7-6-10(4-5-11(7)14)13-12(17-9(3)16)8(2)15-18-13/h4-6H,1-3H3. The van der Waals surface area contributed by atoms with Gasteiger partial charge >= 0.3 is 5.97 Å². The van der Waals surface area contributed by atoms with E-state index in [0.29, 0.717) is 17.2 Å². The fourth-order valence-electron chi connectivity index (χ4n) is 1.59. The lowest BCUT2D eigenvalue weighted by Gasteiger charge is -2.04. The summed E-state index contributed by atoms with van der Waals surface area (Å²) in [5.41, 5.74) is 2.45. The molecule has 2 aromatic rings. The molecule has 0 radical (unpaired) electrons. The van der Waals surface area contributed by atoms with Gasteiger partial charge in [0.1, 0.15) is 5.69 Å². The van der Waals surface area contributed by atoms with Crippen LogP contribution in [-0.4, -0.2) is 11.1 Å². The molecule has 5 heteroatoms. The Morgan fingerprint density at radius 1 is 1.39 bits per heavy atom. The molecule has 18 heavy (non-hydrogen) atoms. The van der Waals surface area contributed by atoms with Gasteiger partial charge in [-0.25, -0.2) is 0 Å². The normalized spacial score (nSPS) is 10.4. The van der Waals surface area contributed by atoms with Crippen molar-refractivity contribution in [3.63, 3.8) is 0 Å². The molecular formula is C13H12BrNO3. The van der Waals surface area contributed by atoms with E-state index in [2.05, 4.69) is 21.1 Å². The van der Waals surface area contributed by atoms with Gasteiger partial charge in [0.2, 0.25) is 11.5 Å². The van der Waals surface area contributed by atoms with Crippen LogP contribution >= 0.6 is 15.9 Å². The molecule has 0 aliphatic rings. The van der Waals surface area contributed by atoms with Crippen LogP contribution in [0.1, 0.15) is 18.2 Å². The molecule has 94 valence electrons. The van der Waals surface area contributed by atoms with Crippen LogP contribution < -0.4 is 4.74 Å². The molecule has 1 aromatic carbocycles. The van der Waals surface area contributed by atoms with Crippen LogP contribution in [0.15, 0.2) is 27.2 Å². The smallest absolute Gasteiger partial charge is 0.308 e. The van der Waals surface area contributed by atoms with Crippen molar-refractivity contribution < 1.29 is 14.1 Å². The number of carbonyl (C=O) groups excluding carboxylic acids is 1. The Hall–Kier alpha value is -1.62. The van der Waals surface area contributed by atoms with Crippen molar-refractivity contribution in [2.45, 2.75) is 20.8 Å². The van der Waals surface area contributed by atoms with E-state index < -0.39 is 5.97 Å². The van der Waals surface area contributed by atoms with E-state index in [-0.39, 0.29) is 0 Å². The number of hydrogen-bond donors (Lipinski definition) is 0. The van der Waals surface area contributed by atoms with Crippen molar-refractivity contribution in [1.82, 2.24) is 5.16 Å². The molecule has 0 saturated heterocycles. The fourth-order valence-corrected chi connectivity index (χ4v) is 1.84. The number of benzene rings is 1. The molecule has 0 unspecified atom stereocenters. The van der Waals surface area contributed by atoms with Gasteiger partial charge in [0.05, 0.1) is 0 Å². The summed E-state index contributed by atoms with van der Waals surface area (Å²) in [6, 6.07) is 5.74. The van der Waals surface area contributed by atoms with E-state index in [1.165, 1.54) is 6.92 Å².